The Morgan fingerprint density at radius 3 is 2.46 bits per heavy atom. The molecule has 200 valence electrons. The van der Waals surface area contributed by atoms with Crippen LogP contribution in [0.1, 0.15) is 65.5 Å². The van der Waals surface area contributed by atoms with Gasteiger partial charge in [-0.1, -0.05) is 27.2 Å². The van der Waals surface area contributed by atoms with Crippen LogP contribution in [0.3, 0.4) is 0 Å². The van der Waals surface area contributed by atoms with Crippen molar-refractivity contribution in [2.45, 2.75) is 72.4 Å². The second-order valence-electron chi connectivity index (χ2n) is 10.9. The summed E-state index contributed by atoms with van der Waals surface area (Å²) in [5, 5.41) is 3.59. The van der Waals surface area contributed by atoms with Crippen LogP contribution in [0, 0.1) is 17.8 Å². The molecule has 0 aliphatic heterocycles. The molecule has 0 unspecified atom stereocenters. The number of ether oxygens (including phenoxy) is 3. The number of rotatable bonds is 9. The van der Waals surface area contributed by atoms with E-state index in [1.54, 1.807) is 7.11 Å². The van der Waals surface area contributed by atoms with E-state index in [1.807, 2.05) is 50.2 Å². The first-order valence-electron chi connectivity index (χ1n) is 13.4. The Kier molecular flexibility index (Phi) is 8.30. The van der Waals surface area contributed by atoms with Crippen molar-refractivity contribution >= 4 is 28.6 Å². The lowest BCUT2D eigenvalue weighted by Gasteiger charge is -2.39. The summed E-state index contributed by atoms with van der Waals surface area (Å²) in [5.41, 5.74) is 3.56. The van der Waals surface area contributed by atoms with Crippen molar-refractivity contribution in [2.24, 2.45) is 17.8 Å². The van der Waals surface area contributed by atoms with Gasteiger partial charge in [-0.15, -0.1) is 0 Å². The Bertz CT molecular complexity index is 1220. The van der Waals surface area contributed by atoms with E-state index in [-0.39, 0.29) is 18.5 Å². The molecule has 0 radical (unpaired) electrons. The predicted octanol–water partition coefficient (Wildman–Crippen LogP) is 6.92. The minimum atomic E-state index is -0.305. The van der Waals surface area contributed by atoms with Gasteiger partial charge in [-0.3, -0.25) is 4.79 Å². The van der Waals surface area contributed by atoms with Gasteiger partial charge in [-0.2, -0.15) is 0 Å². The van der Waals surface area contributed by atoms with Crippen LogP contribution < -0.4 is 14.8 Å². The monoisotopic (exact) mass is 507 g/mol. The van der Waals surface area contributed by atoms with Crippen LogP contribution in [0.4, 0.5) is 11.6 Å². The molecule has 1 heterocycles. The van der Waals surface area contributed by atoms with Crippen molar-refractivity contribution < 1.29 is 19.0 Å². The highest BCUT2D eigenvalue weighted by Crippen LogP contribution is 2.45. The zero-order valence-corrected chi connectivity index (χ0v) is 23.2. The average molecular weight is 508 g/mol. The number of anilines is 2. The Morgan fingerprint density at radius 2 is 1.84 bits per heavy atom. The number of benzene rings is 2. The fraction of sp³-hybridized carbons (Fsp3) is 0.533. The van der Waals surface area contributed by atoms with Crippen LogP contribution >= 0.6 is 0 Å². The van der Waals surface area contributed by atoms with Gasteiger partial charge >= 0.3 is 5.97 Å². The molecule has 1 fully saturated rings. The first-order valence-corrected chi connectivity index (χ1v) is 13.4. The molecule has 2 aromatic carbocycles. The summed E-state index contributed by atoms with van der Waals surface area (Å²) >= 11 is 0. The molecular formula is C30H41N3O4. The van der Waals surface area contributed by atoms with Gasteiger partial charge < -0.3 is 24.1 Å². The molecule has 37 heavy (non-hydrogen) atoms. The molecule has 4 rings (SSSR count). The number of carbonyl (C=O) groups excluding carboxylic acids is 1. The molecule has 7 heteroatoms. The number of imidazole rings is 1. The van der Waals surface area contributed by atoms with Gasteiger partial charge in [-0.05, 0) is 74.8 Å². The van der Waals surface area contributed by atoms with Crippen molar-refractivity contribution in [1.29, 1.82) is 0 Å². The summed E-state index contributed by atoms with van der Waals surface area (Å²) in [6.07, 6.45) is 3.80. The minimum Gasteiger partial charge on any atom is -0.496 e. The summed E-state index contributed by atoms with van der Waals surface area (Å²) in [7, 11) is 3.04. The van der Waals surface area contributed by atoms with Gasteiger partial charge in [0.25, 0.3) is 0 Å². The Morgan fingerprint density at radius 1 is 1.11 bits per heavy atom. The third-order valence-corrected chi connectivity index (χ3v) is 7.46. The summed E-state index contributed by atoms with van der Waals surface area (Å²) in [5.74, 6) is 3.73. The molecule has 7 nitrogen and oxygen atoms in total. The van der Waals surface area contributed by atoms with Gasteiger partial charge in [0.05, 0.1) is 37.8 Å². The highest BCUT2D eigenvalue weighted by atomic mass is 16.5. The summed E-state index contributed by atoms with van der Waals surface area (Å²) < 4.78 is 18.8. The molecule has 0 amide bonds. The molecule has 1 aliphatic carbocycles. The lowest BCUT2D eigenvalue weighted by Crippen LogP contribution is -2.30. The number of fused-ring (bicyclic) bond motifs is 1. The van der Waals surface area contributed by atoms with Crippen molar-refractivity contribution in [3.63, 3.8) is 0 Å². The first kappa shape index (κ1) is 26.8. The van der Waals surface area contributed by atoms with Crippen molar-refractivity contribution in [3.05, 3.63) is 42.0 Å². The van der Waals surface area contributed by atoms with Gasteiger partial charge in [0.15, 0.2) is 0 Å². The number of aromatic nitrogens is 2. The number of methoxy groups -OCH3 is 2. The van der Waals surface area contributed by atoms with Crippen molar-refractivity contribution in [2.75, 3.05) is 19.5 Å². The minimum absolute atomic E-state index is 0.124. The van der Waals surface area contributed by atoms with Crippen LogP contribution in [-0.2, 0) is 16.0 Å². The second-order valence-corrected chi connectivity index (χ2v) is 10.9. The van der Waals surface area contributed by atoms with E-state index in [0.29, 0.717) is 29.5 Å². The lowest BCUT2D eigenvalue weighted by molar-refractivity contribution is -0.139. The number of hydrogen-bond donors (Lipinski definition) is 1. The smallest absolute Gasteiger partial charge is 0.310 e. The fourth-order valence-corrected chi connectivity index (χ4v) is 5.61. The summed E-state index contributed by atoms with van der Waals surface area (Å²) in [6.45, 7) is 11.0. The molecule has 0 saturated heterocycles. The number of nitrogens with zero attached hydrogens (tertiary/aromatic N) is 2. The lowest BCUT2D eigenvalue weighted by atomic mass is 9.74. The largest absolute Gasteiger partial charge is 0.496 e. The Hall–Kier alpha value is -3.22. The van der Waals surface area contributed by atoms with Crippen molar-refractivity contribution in [1.82, 2.24) is 9.55 Å². The number of esters is 1. The average Bonchev–Trinajstić information content (AvgIpc) is 3.20. The highest BCUT2D eigenvalue weighted by Gasteiger charge is 2.34. The summed E-state index contributed by atoms with van der Waals surface area (Å²) in [4.78, 5) is 17.1. The Labute approximate surface area is 220 Å². The van der Waals surface area contributed by atoms with E-state index >= 15 is 0 Å². The molecule has 1 aliphatic rings. The predicted molar refractivity (Wildman–Crippen MR) is 148 cm³/mol. The third kappa shape index (κ3) is 6.03. The number of carbonyl (C=O) groups is 1. The van der Waals surface area contributed by atoms with E-state index in [9.17, 15) is 4.79 Å². The molecule has 0 bridgehead atoms. The van der Waals surface area contributed by atoms with Gasteiger partial charge in [0.2, 0.25) is 5.95 Å². The molecule has 0 spiro atoms. The van der Waals surface area contributed by atoms with Crippen LogP contribution in [-0.4, -0.2) is 35.8 Å². The zero-order chi connectivity index (χ0) is 26.7. The topological polar surface area (TPSA) is 74.6 Å². The third-order valence-electron chi connectivity index (χ3n) is 7.46. The molecular weight excluding hydrogens is 466 g/mol. The van der Waals surface area contributed by atoms with Crippen LogP contribution in [0.5, 0.6) is 11.5 Å². The molecule has 3 atom stereocenters. The number of hydrogen-bond acceptors (Lipinski definition) is 6. The zero-order valence-electron chi connectivity index (χ0n) is 23.2. The van der Waals surface area contributed by atoms with Gasteiger partial charge in [-0.25, -0.2) is 4.98 Å². The van der Waals surface area contributed by atoms with Crippen LogP contribution in [0.15, 0.2) is 36.4 Å². The van der Waals surface area contributed by atoms with E-state index in [0.717, 1.165) is 40.4 Å². The maximum atomic E-state index is 12.1. The molecule has 1 aromatic heterocycles. The normalized spacial score (nSPS) is 19.9. The van der Waals surface area contributed by atoms with Crippen molar-refractivity contribution in [3.8, 4) is 11.5 Å². The van der Waals surface area contributed by atoms with Crippen LogP contribution in [0.25, 0.3) is 11.0 Å². The Balaban J connectivity index is 1.82. The maximum Gasteiger partial charge on any atom is 0.310 e. The van der Waals surface area contributed by atoms with E-state index in [2.05, 4.69) is 30.7 Å². The summed E-state index contributed by atoms with van der Waals surface area (Å²) in [6, 6.07) is 12.3. The van der Waals surface area contributed by atoms with E-state index in [4.69, 9.17) is 19.2 Å². The quantitative estimate of drug-likeness (QED) is 0.317. The highest BCUT2D eigenvalue weighted by molar-refractivity contribution is 5.85. The van der Waals surface area contributed by atoms with E-state index < -0.39 is 0 Å². The fourth-order valence-electron chi connectivity index (χ4n) is 5.61. The molecule has 1 saturated carbocycles. The SMILES string of the molecule is COC(=O)Cc1cc2nc(Nc3ccc(OC(C)C)cc3)n([C@@H]3C[C@H](C)CC[C@H]3C(C)C)c2cc1OC. The van der Waals surface area contributed by atoms with Gasteiger partial charge in [0.1, 0.15) is 11.5 Å². The number of nitrogens with one attached hydrogen (secondary N) is 1. The van der Waals surface area contributed by atoms with E-state index in [1.165, 1.54) is 20.0 Å². The molecule has 3 aromatic rings. The second kappa shape index (κ2) is 11.4. The van der Waals surface area contributed by atoms with Crippen LogP contribution in [0.2, 0.25) is 0 Å². The van der Waals surface area contributed by atoms with Gasteiger partial charge in [0, 0.05) is 23.4 Å². The standard InChI is InChI=1S/C30H41N3O4/c1-18(2)24-13-8-20(5)14-26(24)33-27-17-28(35-6)21(16-29(34)36-7)15-25(27)32-30(33)31-22-9-11-23(12-10-22)37-19(3)4/h9-12,15,17-20,24,26H,8,13-14,16H2,1-7H3,(H,31,32)/t20-,24+,26-/m1/s1. The first-order chi connectivity index (χ1) is 17.7. The molecule has 1 N–H and O–H groups in total. The maximum absolute atomic E-state index is 12.1.